The molecule has 45 heavy (non-hydrogen) atoms. The van der Waals surface area contributed by atoms with E-state index in [0.717, 1.165) is 82.4 Å². The summed E-state index contributed by atoms with van der Waals surface area (Å²) in [5, 5.41) is 0.749. The van der Waals surface area contributed by atoms with Crippen LogP contribution in [0.25, 0.3) is 11.2 Å². The highest BCUT2D eigenvalue weighted by Gasteiger charge is 2.37. The molecule has 0 saturated carbocycles. The van der Waals surface area contributed by atoms with E-state index in [-0.39, 0.29) is 24.3 Å². The average molecular weight is 755 g/mol. The number of hydrogen-bond donors (Lipinski definition) is 0. The summed E-state index contributed by atoms with van der Waals surface area (Å²) in [5.41, 5.74) is 6.54. The van der Waals surface area contributed by atoms with E-state index < -0.39 is 0 Å². The Balaban J connectivity index is 0.958. The molecule has 11 heteroatoms. The van der Waals surface area contributed by atoms with Gasteiger partial charge in [0.15, 0.2) is 5.65 Å². The van der Waals surface area contributed by atoms with Crippen LogP contribution in [0.1, 0.15) is 60.4 Å². The summed E-state index contributed by atoms with van der Waals surface area (Å²) >= 11 is 14.0. The fourth-order valence-corrected chi connectivity index (χ4v) is 9.03. The molecule has 2 saturated heterocycles. The number of rotatable bonds is 5. The molecular weight excluding hydrogens is 720 g/mol. The van der Waals surface area contributed by atoms with Gasteiger partial charge in [-0.3, -0.25) is 14.6 Å². The predicted molar refractivity (Wildman–Crippen MR) is 181 cm³/mol. The Bertz CT molecular complexity index is 1750. The van der Waals surface area contributed by atoms with Crippen LogP contribution in [0.3, 0.4) is 0 Å². The minimum Gasteiger partial charge on any atom is -0.343 e. The lowest BCUT2D eigenvalue weighted by molar-refractivity contribution is -0.135. The van der Waals surface area contributed by atoms with E-state index in [4.69, 9.17) is 16.6 Å². The summed E-state index contributed by atoms with van der Waals surface area (Å²) < 4.78 is 3.86. The third-order valence-electron chi connectivity index (χ3n) is 9.89. The fourth-order valence-electron chi connectivity index (χ4n) is 7.53. The molecule has 0 spiro atoms. The first-order chi connectivity index (χ1) is 21.8. The number of likely N-dealkylation sites (tertiary alicyclic amines) is 2. The second-order valence-electron chi connectivity index (χ2n) is 12.6. The maximum atomic E-state index is 13.5. The number of imidazole rings is 1. The van der Waals surface area contributed by atoms with Gasteiger partial charge < -0.3 is 14.4 Å². The smallest absolute Gasteiger partial charge is 0.242 e. The SMILES string of the molecule is O=C(CC1CCN(C(=O)Cn2cnc3cccnc32)CC1)N1CCC([C@H]2c3ncc(Br)cc3CCc3cc(Cl)cc(Br)c32)CC1. The molecule has 0 radical (unpaired) electrons. The molecule has 2 amide bonds. The number of nitrogens with zero attached hydrogens (tertiary/aromatic N) is 6. The number of amides is 2. The van der Waals surface area contributed by atoms with Crippen molar-refractivity contribution in [3.8, 4) is 0 Å². The topological polar surface area (TPSA) is 84.2 Å². The van der Waals surface area contributed by atoms with Gasteiger partial charge in [0, 0.05) is 64.9 Å². The summed E-state index contributed by atoms with van der Waals surface area (Å²) in [6, 6.07) is 10.1. The molecule has 0 bridgehead atoms. The number of fused-ring (bicyclic) bond motifs is 3. The first kappa shape index (κ1) is 30.8. The minimum atomic E-state index is 0.0733. The average Bonchev–Trinajstić information content (AvgIpc) is 3.37. The molecule has 3 aliphatic rings. The summed E-state index contributed by atoms with van der Waals surface area (Å²) in [6.45, 7) is 3.12. The number of piperidine rings is 2. The van der Waals surface area contributed by atoms with Gasteiger partial charge >= 0.3 is 0 Å². The van der Waals surface area contributed by atoms with E-state index in [1.165, 1.54) is 16.7 Å². The van der Waals surface area contributed by atoms with Crippen LogP contribution < -0.4 is 0 Å². The fraction of sp³-hybridized carbons (Fsp3) is 0.441. The standard InChI is InChI=1S/C34H35Br2ClN6O2/c35-25-15-24-4-3-23-16-26(37)17-27(36)31(23)32(33(24)39-18-25)22-7-12-41(13-8-22)29(44)14-21-5-10-42(11-6-21)30(45)19-43-20-40-28-2-1-9-38-34(28)43/h1-2,9,15-18,20-22,32H,3-8,10-14,19H2/t32-/m1/s1. The van der Waals surface area contributed by atoms with Gasteiger partial charge in [-0.25, -0.2) is 9.97 Å². The second kappa shape index (κ2) is 13.1. The van der Waals surface area contributed by atoms with Crippen LogP contribution in [0.15, 0.2) is 58.0 Å². The van der Waals surface area contributed by atoms with Gasteiger partial charge in [-0.1, -0.05) is 27.5 Å². The Morgan fingerprint density at radius 2 is 1.62 bits per heavy atom. The van der Waals surface area contributed by atoms with Gasteiger partial charge in [0.25, 0.3) is 0 Å². The van der Waals surface area contributed by atoms with Gasteiger partial charge in [0.2, 0.25) is 11.8 Å². The quantitative estimate of drug-likeness (QED) is 0.224. The van der Waals surface area contributed by atoms with Crippen LogP contribution in [0.5, 0.6) is 0 Å². The minimum absolute atomic E-state index is 0.0733. The van der Waals surface area contributed by atoms with E-state index in [1.54, 1.807) is 12.5 Å². The Morgan fingerprint density at radius 3 is 2.42 bits per heavy atom. The number of carbonyl (C=O) groups excluding carboxylic acids is 2. The zero-order chi connectivity index (χ0) is 31.1. The number of aromatic nitrogens is 4. The molecular formula is C34H35Br2ClN6O2. The van der Waals surface area contributed by atoms with Crippen molar-refractivity contribution in [2.45, 2.75) is 57.4 Å². The Hall–Kier alpha value is -2.82. The number of pyridine rings is 2. The zero-order valence-corrected chi connectivity index (χ0v) is 28.9. The maximum Gasteiger partial charge on any atom is 0.242 e. The van der Waals surface area contributed by atoms with Crippen molar-refractivity contribution < 1.29 is 9.59 Å². The second-order valence-corrected chi connectivity index (χ2v) is 14.8. The van der Waals surface area contributed by atoms with Crippen LogP contribution in [-0.4, -0.2) is 67.3 Å². The van der Waals surface area contributed by atoms with Gasteiger partial charge in [0.05, 0.1) is 12.0 Å². The Morgan fingerprint density at radius 1 is 0.889 bits per heavy atom. The van der Waals surface area contributed by atoms with Crippen LogP contribution in [0.4, 0.5) is 0 Å². The first-order valence-electron chi connectivity index (χ1n) is 15.8. The predicted octanol–water partition coefficient (Wildman–Crippen LogP) is 6.80. The normalized spacial score (nSPS) is 19.3. The van der Waals surface area contributed by atoms with Gasteiger partial charge in [0.1, 0.15) is 12.1 Å². The van der Waals surface area contributed by atoms with Crippen molar-refractivity contribution in [3.05, 3.63) is 85.4 Å². The summed E-state index contributed by atoms with van der Waals surface area (Å²) in [6.07, 6.45) is 11.3. The molecule has 2 fully saturated rings. The first-order valence-corrected chi connectivity index (χ1v) is 17.7. The molecule has 7 rings (SSSR count). The number of hydrogen-bond acceptors (Lipinski definition) is 5. The molecule has 0 unspecified atom stereocenters. The molecule has 3 aromatic heterocycles. The molecule has 1 aromatic carbocycles. The molecule has 8 nitrogen and oxygen atoms in total. The lowest BCUT2D eigenvalue weighted by Crippen LogP contribution is -2.43. The lowest BCUT2D eigenvalue weighted by Gasteiger charge is -2.38. The van der Waals surface area contributed by atoms with Crippen LogP contribution in [-0.2, 0) is 29.0 Å². The molecule has 1 aliphatic carbocycles. The monoisotopic (exact) mass is 752 g/mol. The third kappa shape index (κ3) is 6.43. The Labute approximate surface area is 284 Å². The van der Waals surface area contributed by atoms with E-state index in [0.29, 0.717) is 31.3 Å². The van der Waals surface area contributed by atoms with Crippen LogP contribution in [0, 0.1) is 11.8 Å². The lowest BCUT2D eigenvalue weighted by atomic mass is 9.76. The van der Waals surface area contributed by atoms with Crippen molar-refractivity contribution in [2.75, 3.05) is 26.2 Å². The molecule has 2 aliphatic heterocycles. The van der Waals surface area contributed by atoms with Crippen molar-refractivity contribution >= 4 is 66.4 Å². The van der Waals surface area contributed by atoms with E-state index >= 15 is 0 Å². The van der Waals surface area contributed by atoms with Crippen molar-refractivity contribution in [1.29, 1.82) is 0 Å². The van der Waals surface area contributed by atoms with E-state index in [1.807, 2.05) is 33.9 Å². The van der Waals surface area contributed by atoms with Crippen molar-refractivity contribution in [2.24, 2.45) is 11.8 Å². The van der Waals surface area contributed by atoms with Crippen LogP contribution >= 0.6 is 43.5 Å². The zero-order valence-electron chi connectivity index (χ0n) is 25.0. The van der Waals surface area contributed by atoms with Crippen molar-refractivity contribution in [1.82, 2.24) is 29.3 Å². The van der Waals surface area contributed by atoms with Gasteiger partial charge in [-0.2, -0.15) is 0 Å². The van der Waals surface area contributed by atoms with Gasteiger partial charge in [-0.05, 0) is 113 Å². The largest absolute Gasteiger partial charge is 0.343 e. The summed E-state index contributed by atoms with van der Waals surface area (Å²) in [4.78, 5) is 44.2. The van der Waals surface area contributed by atoms with E-state index in [9.17, 15) is 9.59 Å². The van der Waals surface area contributed by atoms with Crippen molar-refractivity contribution in [3.63, 3.8) is 0 Å². The molecule has 1 atom stereocenters. The molecule has 5 heterocycles. The number of halogens is 3. The number of benzene rings is 1. The number of carbonyl (C=O) groups is 2. The highest BCUT2D eigenvalue weighted by Crippen LogP contribution is 2.46. The maximum absolute atomic E-state index is 13.5. The van der Waals surface area contributed by atoms with Gasteiger partial charge in [-0.15, -0.1) is 0 Å². The van der Waals surface area contributed by atoms with E-state index in [2.05, 4.69) is 58.9 Å². The molecule has 0 N–H and O–H groups in total. The number of aryl methyl sites for hydroxylation is 2. The summed E-state index contributed by atoms with van der Waals surface area (Å²) in [7, 11) is 0. The highest BCUT2D eigenvalue weighted by atomic mass is 79.9. The van der Waals surface area contributed by atoms with Crippen LogP contribution in [0.2, 0.25) is 5.02 Å². The molecule has 234 valence electrons. The molecule has 4 aromatic rings. The highest BCUT2D eigenvalue weighted by molar-refractivity contribution is 9.10. The Kier molecular flexibility index (Phi) is 8.99. The summed E-state index contributed by atoms with van der Waals surface area (Å²) in [5.74, 6) is 1.16. The third-order valence-corrected chi connectivity index (χ3v) is 11.2.